The van der Waals surface area contributed by atoms with Gasteiger partial charge in [0.2, 0.25) is 0 Å². The summed E-state index contributed by atoms with van der Waals surface area (Å²) in [4.78, 5) is 28.7. The van der Waals surface area contributed by atoms with Crippen LogP contribution in [0.15, 0.2) is 54.2 Å². The number of carbonyl (C=O) groups is 2. The normalized spacial score (nSPS) is 18.1. The first-order valence-electron chi connectivity index (χ1n) is 12.3. The van der Waals surface area contributed by atoms with E-state index in [-0.39, 0.29) is 11.6 Å². The molecule has 2 heterocycles. The minimum atomic E-state index is -0.467. The summed E-state index contributed by atoms with van der Waals surface area (Å²) in [6.07, 6.45) is 9.28. The average molecular weight is 467 g/mol. The van der Waals surface area contributed by atoms with Crippen molar-refractivity contribution in [1.29, 1.82) is 0 Å². The monoisotopic (exact) mass is 466 g/mol. The van der Waals surface area contributed by atoms with Crippen LogP contribution >= 0.6 is 0 Å². The SMILES string of the molecule is C=C(C=CC)/C=C(\C)CCC(=O)C(C)NC(CN1CCCC1)C(=O)c1ccc2c(c1)OCCO2. The highest BCUT2D eigenvalue weighted by Crippen LogP contribution is 2.31. The maximum atomic E-state index is 13.5. The van der Waals surface area contributed by atoms with E-state index in [2.05, 4.69) is 16.8 Å². The summed E-state index contributed by atoms with van der Waals surface area (Å²) >= 11 is 0. The molecule has 2 aliphatic heterocycles. The number of nitrogens with one attached hydrogen (secondary N) is 1. The molecule has 1 N–H and O–H groups in total. The zero-order valence-corrected chi connectivity index (χ0v) is 20.8. The lowest BCUT2D eigenvalue weighted by Crippen LogP contribution is -2.51. The minimum Gasteiger partial charge on any atom is -0.486 e. The minimum absolute atomic E-state index is 0.0257. The molecule has 2 atom stereocenters. The smallest absolute Gasteiger partial charge is 0.181 e. The number of hydrogen-bond donors (Lipinski definition) is 1. The predicted molar refractivity (Wildman–Crippen MR) is 136 cm³/mol. The molecule has 0 aromatic heterocycles. The fraction of sp³-hybridized carbons (Fsp3) is 0.500. The second-order valence-electron chi connectivity index (χ2n) is 9.20. The molecule has 1 fully saturated rings. The van der Waals surface area contributed by atoms with Gasteiger partial charge in [0.25, 0.3) is 0 Å². The van der Waals surface area contributed by atoms with E-state index < -0.39 is 12.1 Å². The highest BCUT2D eigenvalue weighted by molar-refractivity contribution is 6.01. The number of allylic oxidation sites excluding steroid dienone is 5. The van der Waals surface area contributed by atoms with Gasteiger partial charge in [-0.1, -0.05) is 30.4 Å². The van der Waals surface area contributed by atoms with E-state index in [9.17, 15) is 9.59 Å². The molecule has 2 aliphatic rings. The lowest BCUT2D eigenvalue weighted by Gasteiger charge is -2.27. The van der Waals surface area contributed by atoms with Gasteiger partial charge in [0, 0.05) is 18.5 Å². The summed E-state index contributed by atoms with van der Waals surface area (Å²) in [6.45, 7) is 13.4. The zero-order chi connectivity index (χ0) is 24.5. The zero-order valence-electron chi connectivity index (χ0n) is 20.8. The topological polar surface area (TPSA) is 67.9 Å². The van der Waals surface area contributed by atoms with Gasteiger partial charge < -0.3 is 14.4 Å². The number of benzene rings is 1. The molecule has 0 aliphatic carbocycles. The molecule has 6 nitrogen and oxygen atoms in total. The van der Waals surface area contributed by atoms with Crippen molar-refractivity contribution in [3.8, 4) is 11.5 Å². The Bertz CT molecular complexity index is 944. The van der Waals surface area contributed by atoms with E-state index >= 15 is 0 Å². The van der Waals surface area contributed by atoms with Gasteiger partial charge in [-0.3, -0.25) is 14.9 Å². The van der Waals surface area contributed by atoms with Gasteiger partial charge in [-0.2, -0.15) is 0 Å². The van der Waals surface area contributed by atoms with Gasteiger partial charge in [-0.15, -0.1) is 0 Å². The largest absolute Gasteiger partial charge is 0.486 e. The lowest BCUT2D eigenvalue weighted by atomic mass is 9.99. The molecule has 1 aromatic rings. The number of likely N-dealkylation sites (tertiary alicyclic amines) is 1. The van der Waals surface area contributed by atoms with Crippen molar-refractivity contribution in [3.63, 3.8) is 0 Å². The van der Waals surface area contributed by atoms with Crippen molar-refractivity contribution in [3.05, 3.63) is 59.7 Å². The molecule has 0 amide bonds. The van der Waals surface area contributed by atoms with E-state index in [0.29, 0.717) is 49.7 Å². The summed E-state index contributed by atoms with van der Waals surface area (Å²) < 4.78 is 11.3. The molecule has 34 heavy (non-hydrogen) atoms. The number of ketones is 2. The van der Waals surface area contributed by atoms with Crippen LogP contribution in [-0.2, 0) is 4.79 Å². The molecular weight excluding hydrogens is 428 g/mol. The van der Waals surface area contributed by atoms with Crippen LogP contribution in [0.3, 0.4) is 0 Å². The van der Waals surface area contributed by atoms with E-state index in [1.165, 1.54) is 0 Å². The number of carbonyl (C=O) groups excluding carboxylic acids is 2. The second-order valence-corrected chi connectivity index (χ2v) is 9.20. The van der Waals surface area contributed by atoms with Crippen molar-refractivity contribution in [1.82, 2.24) is 10.2 Å². The first-order valence-corrected chi connectivity index (χ1v) is 12.3. The third kappa shape index (κ3) is 7.40. The van der Waals surface area contributed by atoms with Crippen molar-refractivity contribution in [2.75, 3.05) is 32.8 Å². The number of Topliss-reactive ketones (excluding diaryl/α,β-unsaturated/α-hetero) is 2. The summed E-state index contributed by atoms with van der Waals surface area (Å²) in [5.74, 6) is 1.34. The second kappa shape index (κ2) is 12.7. The van der Waals surface area contributed by atoms with Crippen molar-refractivity contribution < 1.29 is 19.1 Å². The summed E-state index contributed by atoms with van der Waals surface area (Å²) in [5, 5.41) is 3.35. The quantitative estimate of drug-likeness (QED) is 0.361. The third-order valence-electron chi connectivity index (χ3n) is 6.30. The number of fused-ring (bicyclic) bond motifs is 1. The highest BCUT2D eigenvalue weighted by Gasteiger charge is 2.28. The Labute approximate surface area is 203 Å². The Morgan fingerprint density at radius 3 is 2.56 bits per heavy atom. The molecule has 2 unspecified atom stereocenters. The molecule has 0 spiro atoms. The fourth-order valence-electron chi connectivity index (χ4n) is 4.41. The van der Waals surface area contributed by atoms with Crippen LogP contribution in [0.2, 0.25) is 0 Å². The number of nitrogens with zero attached hydrogens (tertiary/aromatic N) is 1. The van der Waals surface area contributed by atoms with Crippen LogP contribution < -0.4 is 14.8 Å². The Kier molecular flexibility index (Phi) is 9.66. The summed E-state index contributed by atoms with van der Waals surface area (Å²) in [7, 11) is 0. The maximum Gasteiger partial charge on any atom is 0.181 e. The van der Waals surface area contributed by atoms with Crippen LogP contribution in [0, 0.1) is 0 Å². The molecule has 0 saturated carbocycles. The third-order valence-corrected chi connectivity index (χ3v) is 6.30. The van der Waals surface area contributed by atoms with Crippen molar-refractivity contribution in [2.45, 2.75) is 58.5 Å². The first kappa shape index (κ1) is 25.9. The van der Waals surface area contributed by atoms with Crippen LogP contribution in [0.5, 0.6) is 11.5 Å². The Hall–Kier alpha value is -2.70. The van der Waals surface area contributed by atoms with Crippen LogP contribution in [0.4, 0.5) is 0 Å². The van der Waals surface area contributed by atoms with Crippen LogP contribution in [0.25, 0.3) is 0 Å². The molecule has 6 heteroatoms. The van der Waals surface area contributed by atoms with E-state index in [1.807, 2.05) is 39.0 Å². The molecular formula is C28H38N2O4. The van der Waals surface area contributed by atoms with Crippen LogP contribution in [-0.4, -0.2) is 61.4 Å². The lowest BCUT2D eigenvalue weighted by molar-refractivity contribution is -0.120. The van der Waals surface area contributed by atoms with Gasteiger partial charge in [0.05, 0.1) is 12.1 Å². The van der Waals surface area contributed by atoms with Gasteiger partial charge in [-0.05, 0) is 76.9 Å². The van der Waals surface area contributed by atoms with Gasteiger partial charge in [0.15, 0.2) is 17.3 Å². The van der Waals surface area contributed by atoms with Gasteiger partial charge >= 0.3 is 0 Å². The number of ether oxygens (including phenoxy) is 2. The fourth-order valence-corrected chi connectivity index (χ4v) is 4.41. The Morgan fingerprint density at radius 2 is 1.85 bits per heavy atom. The number of hydrogen-bond acceptors (Lipinski definition) is 6. The predicted octanol–water partition coefficient (Wildman–Crippen LogP) is 4.51. The molecule has 0 radical (unpaired) electrons. The van der Waals surface area contributed by atoms with Crippen LogP contribution in [0.1, 0.15) is 56.8 Å². The Balaban J connectivity index is 1.66. The molecule has 1 aromatic carbocycles. The van der Waals surface area contributed by atoms with E-state index in [0.717, 1.165) is 37.1 Å². The maximum absolute atomic E-state index is 13.5. The summed E-state index contributed by atoms with van der Waals surface area (Å²) in [6, 6.07) is 4.45. The Morgan fingerprint density at radius 1 is 1.15 bits per heavy atom. The molecule has 184 valence electrons. The van der Waals surface area contributed by atoms with Crippen molar-refractivity contribution >= 4 is 11.6 Å². The first-order chi connectivity index (χ1) is 16.4. The van der Waals surface area contributed by atoms with E-state index in [4.69, 9.17) is 9.47 Å². The summed E-state index contributed by atoms with van der Waals surface area (Å²) in [5.41, 5.74) is 2.61. The molecule has 1 saturated heterocycles. The highest BCUT2D eigenvalue weighted by atomic mass is 16.6. The standard InChI is InChI=1S/C28H38N2O4/c1-5-8-20(2)17-21(3)9-11-25(31)22(4)29-24(19-30-13-6-7-14-30)28(32)23-10-12-26-27(18-23)34-16-15-33-26/h5,8,10,12,17-18,22,24,29H,2,6-7,9,11,13-16,19H2,1,3-4H3/b8-5?,21-17+. The van der Waals surface area contributed by atoms with Crippen molar-refractivity contribution in [2.24, 2.45) is 0 Å². The number of rotatable bonds is 12. The van der Waals surface area contributed by atoms with E-state index in [1.54, 1.807) is 18.2 Å². The average Bonchev–Trinajstić information content (AvgIpc) is 3.34. The van der Waals surface area contributed by atoms with Gasteiger partial charge in [0.1, 0.15) is 19.0 Å². The molecule has 0 bridgehead atoms. The molecule has 3 rings (SSSR count). The van der Waals surface area contributed by atoms with Gasteiger partial charge in [-0.25, -0.2) is 0 Å².